The van der Waals surface area contributed by atoms with Gasteiger partial charge in [0.2, 0.25) is 0 Å². The minimum Gasteiger partial charge on any atom is -0.0649 e. The minimum absolute atomic E-state index is 0.489. The van der Waals surface area contributed by atoms with Crippen molar-refractivity contribution in [3.05, 3.63) is 0 Å². The van der Waals surface area contributed by atoms with Crippen LogP contribution in [-0.4, -0.2) is 0 Å². The molecule has 96 valence electrons. The summed E-state index contributed by atoms with van der Waals surface area (Å²) < 4.78 is 0. The van der Waals surface area contributed by atoms with Crippen LogP contribution in [0.15, 0.2) is 0 Å². The molecule has 0 aromatic rings. The molecular formula is C16H32. The van der Waals surface area contributed by atoms with Gasteiger partial charge in [0.25, 0.3) is 0 Å². The zero-order valence-corrected chi connectivity index (χ0v) is 12.7. The van der Waals surface area contributed by atoms with Gasteiger partial charge in [0, 0.05) is 0 Å². The largest absolute Gasteiger partial charge is 0.0649 e. The summed E-state index contributed by atoms with van der Waals surface area (Å²) in [5.74, 6) is 3.50. The molecule has 0 spiro atoms. The Balaban J connectivity index is 3.08. The SMILES string of the molecule is CCC(C)(C)C1C(C(C)C)CC(C)C1(C)C. The summed E-state index contributed by atoms with van der Waals surface area (Å²) in [7, 11) is 0. The van der Waals surface area contributed by atoms with Crippen molar-refractivity contribution in [3.63, 3.8) is 0 Å². The third-order valence-electron chi connectivity index (χ3n) is 5.74. The van der Waals surface area contributed by atoms with Crippen molar-refractivity contribution >= 4 is 0 Å². The highest BCUT2D eigenvalue weighted by Crippen LogP contribution is 2.59. The van der Waals surface area contributed by atoms with Crippen LogP contribution in [0.1, 0.15) is 68.2 Å². The van der Waals surface area contributed by atoms with Gasteiger partial charge in [0.1, 0.15) is 0 Å². The predicted octanol–water partition coefficient (Wildman–Crippen LogP) is 5.38. The van der Waals surface area contributed by atoms with Crippen LogP contribution in [0.5, 0.6) is 0 Å². The molecule has 3 atom stereocenters. The second kappa shape index (κ2) is 4.35. The Bertz CT molecular complexity index is 234. The highest BCUT2D eigenvalue weighted by Gasteiger charge is 2.52. The van der Waals surface area contributed by atoms with Crippen molar-refractivity contribution in [2.45, 2.75) is 68.2 Å². The third-order valence-corrected chi connectivity index (χ3v) is 5.74. The molecule has 0 heterocycles. The number of rotatable bonds is 3. The lowest BCUT2D eigenvalue weighted by Crippen LogP contribution is -2.38. The maximum absolute atomic E-state index is 2.50. The lowest BCUT2D eigenvalue weighted by atomic mass is 9.60. The molecule has 0 amide bonds. The van der Waals surface area contributed by atoms with E-state index in [0.29, 0.717) is 10.8 Å². The molecule has 16 heavy (non-hydrogen) atoms. The molecule has 0 nitrogen and oxygen atoms in total. The second-order valence-electron chi connectivity index (χ2n) is 7.69. The molecule has 1 rings (SSSR count). The quantitative estimate of drug-likeness (QED) is 0.604. The molecule has 0 heteroatoms. The van der Waals surface area contributed by atoms with Gasteiger partial charge in [-0.2, -0.15) is 0 Å². The predicted molar refractivity (Wildman–Crippen MR) is 73.5 cm³/mol. The lowest BCUT2D eigenvalue weighted by Gasteiger charge is -2.45. The molecule has 0 bridgehead atoms. The van der Waals surface area contributed by atoms with Crippen molar-refractivity contribution < 1.29 is 0 Å². The van der Waals surface area contributed by atoms with E-state index in [2.05, 4.69) is 55.4 Å². The van der Waals surface area contributed by atoms with Crippen molar-refractivity contribution in [2.75, 3.05) is 0 Å². The van der Waals surface area contributed by atoms with E-state index in [1.165, 1.54) is 12.8 Å². The van der Waals surface area contributed by atoms with Gasteiger partial charge < -0.3 is 0 Å². The van der Waals surface area contributed by atoms with Crippen LogP contribution in [0.2, 0.25) is 0 Å². The number of hydrogen-bond donors (Lipinski definition) is 0. The minimum atomic E-state index is 0.489. The molecule has 1 saturated carbocycles. The molecule has 0 radical (unpaired) electrons. The standard InChI is InChI=1S/C16H32/c1-9-15(5,6)14-13(11(2)3)10-12(4)16(14,7)8/h11-14H,9-10H2,1-8H3. The number of hydrogen-bond acceptors (Lipinski definition) is 0. The van der Waals surface area contributed by atoms with Gasteiger partial charge >= 0.3 is 0 Å². The first-order valence-electron chi connectivity index (χ1n) is 7.14. The Morgan fingerprint density at radius 2 is 1.75 bits per heavy atom. The van der Waals surface area contributed by atoms with Gasteiger partial charge in [-0.25, -0.2) is 0 Å². The first-order valence-corrected chi connectivity index (χ1v) is 7.14. The van der Waals surface area contributed by atoms with Crippen molar-refractivity contribution in [1.29, 1.82) is 0 Å². The molecular weight excluding hydrogens is 192 g/mol. The maximum atomic E-state index is 2.50. The fraction of sp³-hybridized carbons (Fsp3) is 1.00. The molecule has 0 N–H and O–H groups in total. The van der Waals surface area contributed by atoms with Crippen LogP contribution >= 0.6 is 0 Å². The smallest absolute Gasteiger partial charge is 0.0278 e. The maximum Gasteiger partial charge on any atom is -0.0278 e. The Hall–Kier alpha value is 0. The van der Waals surface area contributed by atoms with Crippen molar-refractivity contribution in [1.82, 2.24) is 0 Å². The van der Waals surface area contributed by atoms with E-state index in [4.69, 9.17) is 0 Å². The first-order chi connectivity index (χ1) is 7.14. The lowest BCUT2D eigenvalue weighted by molar-refractivity contribution is 0.0355. The fourth-order valence-electron chi connectivity index (χ4n) is 4.17. The zero-order valence-electron chi connectivity index (χ0n) is 12.7. The monoisotopic (exact) mass is 224 g/mol. The molecule has 0 aromatic carbocycles. The van der Waals surface area contributed by atoms with Crippen LogP contribution in [-0.2, 0) is 0 Å². The first kappa shape index (κ1) is 14.1. The fourth-order valence-corrected chi connectivity index (χ4v) is 4.17. The van der Waals surface area contributed by atoms with Gasteiger partial charge in [0.15, 0.2) is 0 Å². The summed E-state index contributed by atoms with van der Waals surface area (Å²) in [5, 5.41) is 0. The van der Waals surface area contributed by atoms with E-state index in [1.807, 2.05) is 0 Å². The molecule has 0 aliphatic heterocycles. The topological polar surface area (TPSA) is 0 Å². The van der Waals surface area contributed by atoms with Crippen LogP contribution < -0.4 is 0 Å². The molecule has 0 aromatic heterocycles. The summed E-state index contributed by atoms with van der Waals surface area (Å²) in [6, 6.07) is 0. The summed E-state index contributed by atoms with van der Waals surface area (Å²) in [6.07, 6.45) is 2.73. The molecule has 1 fully saturated rings. The zero-order chi connectivity index (χ0) is 12.7. The van der Waals surface area contributed by atoms with Gasteiger partial charge in [-0.05, 0) is 40.9 Å². The van der Waals surface area contributed by atoms with E-state index < -0.39 is 0 Å². The second-order valence-corrected chi connectivity index (χ2v) is 7.69. The molecule has 3 unspecified atom stereocenters. The van der Waals surface area contributed by atoms with E-state index >= 15 is 0 Å². The normalized spacial score (nSPS) is 34.7. The third kappa shape index (κ3) is 2.17. The Morgan fingerprint density at radius 1 is 1.25 bits per heavy atom. The highest BCUT2D eigenvalue weighted by molar-refractivity contribution is 5.01. The highest BCUT2D eigenvalue weighted by atomic mass is 14.6. The van der Waals surface area contributed by atoms with E-state index in [9.17, 15) is 0 Å². The Morgan fingerprint density at radius 3 is 2.12 bits per heavy atom. The van der Waals surface area contributed by atoms with E-state index in [-0.39, 0.29) is 0 Å². The average molecular weight is 224 g/mol. The Labute approximate surface area is 103 Å². The summed E-state index contributed by atoms with van der Waals surface area (Å²) in [5.41, 5.74) is 0.998. The van der Waals surface area contributed by atoms with Crippen LogP contribution in [0.25, 0.3) is 0 Å². The summed E-state index contributed by atoms with van der Waals surface area (Å²) >= 11 is 0. The molecule has 1 aliphatic rings. The van der Waals surface area contributed by atoms with Gasteiger partial charge in [0.05, 0.1) is 0 Å². The van der Waals surface area contributed by atoms with Gasteiger partial charge in [-0.3, -0.25) is 0 Å². The van der Waals surface area contributed by atoms with Crippen molar-refractivity contribution in [3.8, 4) is 0 Å². The van der Waals surface area contributed by atoms with E-state index in [0.717, 1.165) is 23.7 Å². The van der Waals surface area contributed by atoms with E-state index in [1.54, 1.807) is 0 Å². The van der Waals surface area contributed by atoms with Crippen molar-refractivity contribution in [2.24, 2.45) is 34.5 Å². The van der Waals surface area contributed by atoms with Crippen LogP contribution in [0.3, 0.4) is 0 Å². The Kier molecular flexibility index (Phi) is 3.82. The summed E-state index contributed by atoms with van der Waals surface area (Å²) in [6.45, 7) is 19.6. The molecule has 1 aliphatic carbocycles. The van der Waals surface area contributed by atoms with Gasteiger partial charge in [-0.15, -0.1) is 0 Å². The van der Waals surface area contributed by atoms with Crippen LogP contribution in [0, 0.1) is 34.5 Å². The van der Waals surface area contributed by atoms with Crippen LogP contribution in [0.4, 0.5) is 0 Å². The summed E-state index contributed by atoms with van der Waals surface area (Å²) in [4.78, 5) is 0. The average Bonchev–Trinajstić information content (AvgIpc) is 2.38. The molecule has 0 saturated heterocycles. The van der Waals surface area contributed by atoms with Gasteiger partial charge in [-0.1, -0.05) is 61.8 Å².